The summed E-state index contributed by atoms with van der Waals surface area (Å²) in [5.41, 5.74) is 4.39. The van der Waals surface area contributed by atoms with Gasteiger partial charge >= 0.3 is 0 Å². The number of hydrogen-bond acceptors (Lipinski definition) is 6. The molecule has 5 aromatic rings. The molecular weight excluding hydrogens is 472 g/mol. The number of pyridine rings is 1. The lowest BCUT2D eigenvalue weighted by atomic mass is 10.1. The van der Waals surface area contributed by atoms with Crippen molar-refractivity contribution < 1.29 is 13.6 Å². The second-order valence-corrected chi connectivity index (χ2v) is 8.30. The van der Waals surface area contributed by atoms with Gasteiger partial charge in [0.05, 0.1) is 0 Å². The number of anilines is 1. The molecule has 1 amide bonds. The summed E-state index contributed by atoms with van der Waals surface area (Å²) in [5.74, 6) is 0.690. The second-order valence-electron chi connectivity index (χ2n) is 7.46. The van der Waals surface area contributed by atoms with E-state index in [0.717, 1.165) is 22.4 Å². The van der Waals surface area contributed by atoms with Gasteiger partial charge in [0.2, 0.25) is 5.89 Å². The number of benzene rings is 2. The highest BCUT2D eigenvalue weighted by atomic mass is 35.5. The number of rotatable bonds is 4. The normalized spacial score (nSPS) is 10.9. The Morgan fingerprint density at radius 2 is 1.88 bits per heavy atom. The van der Waals surface area contributed by atoms with E-state index < -0.39 is 5.91 Å². The molecule has 0 spiro atoms. The Balaban J connectivity index is 1.26. The van der Waals surface area contributed by atoms with Crippen molar-refractivity contribution >= 4 is 51.8 Å². The number of furan rings is 1. The van der Waals surface area contributed by atoms with E-state index in [0.29, 0.717) is 27.9 Å². The number of nitrogens with zero attached hydrogens (tertiary/aromatic N) is 2. The third kappa shape index (κ3) is 4.54. The highest BCUT2D eigenvalue weighted by Crippen LogP contribution is 2.27. The molecule has 34 heavy (non-hydrogen) atoms. The third-order valence-electron chi connectivity index (χ3n) is 5.05. The molecule has 3 heterocycles. The van der Waals surface area contributed by atoms with Crippen molar-refractivity contribution in [2.24, 2.45) is 0 Å². The lowest BCUT2D eigenvalue weighted by Crippen LogP contribution is -2.34. The SMILES string of the molecule is Cc1cc(-c2nc3ncccc3o2)ccc1NC(=S)NC(=O)c1ccc(-c2cccc(Cl)c2)o1. The van der Waals surface area contributed by atoms with Crippen molar-refractivity contribution in [1.29, 1.82) is 0 Å². The van der Waals surface area contributed by atoms with Crippen LogP contribution in [0, 0.1) is 6.92 Å². The molecule has 0 aliphatic heterocycles. The molecule has 9 heteroatoms. The van der Waals surface area contributed by atoms with Crippen LogP contribution in [0.5, 0.6) is 0 Å². The molecule has 168 valence electrons. The third-order valence-corrected chi connectivity index (χ3v) is 5.49. The molecule has 0 unspecified atom stereocenters. The minimum atomic E-state index is -0.459. The van der Waals surface area contributed by atoms with Crippen molar-refractivity contribution in [3.8, 4) is 22.8 Å². The lowest BCUT2D eigenvalue weighted by Gasteiger charge is -2.11. The zero-order chi connectivity index (χ0) is 23.7. The molecule has 0 bridgehead atoms. The fraction of sp³-hybridized carbons (Fsp3) is 0.0400. The number of hydrogen-bond donors (Lipinski definition) is 2. The average Bonchev–Trinajstić information content (AvgIpc) is 3.48. The first-order valence-corrected chi connectivity index (χ1v) is 11.1. The summed E-state index contributed by atoms with van der Waals surface area (Å²) in [4.78, 5) is 21.2. The second kappa shape index (κ2) is 9.09. The van der Waals surface area contributed by atoms with Gasteiger partial charge in [-0.3, -0.25) is 10.1 Å². The zero-order valence-corrected chi connectivity index (χ0v) is 19.4. The van der Waals surface area contributed by atoms with Crippen molar-refractivity contribution in [2.75, 3.05) is 5.32 Å². The van der Waals surface area contributed by atoms with Crippen LogP contribution in [0.1, 0.15) is 16.1 Å². The van der Waals surface area contributed by atoms with Gasteiger partial charge in [-0.15, -0.1) is 0 Å². The Bertz CT molecular complexity index is 1510. The number of thiocarbonyl (C=S) groups is 1. The number of aromatic nitrogens is 2. The molecule has 0 saturated carbocycles. The van der Waals surface area contributed by atoms with Gasteiger partial charge in [-0.2, -0.15) is 4.98 Å². The first-order chi connectivity index (χ1) is 16.5. The van der Waals surface area contributed by atoms with E-state index in [4.69, 9.17) is 32.7 Å². The minimum Gasteiger partial charge on any atom is -0.451 e. The number of carbonyl (C=O) groups excluding carboxylic acids is 1. The van der Waals surface area contributed by atoms with Gasteiger partial charge in [0.1, 0.15) is 5.76 Å². The van der Waals surface area contributed by atoms with Crippen LogP contribution in [-0.4, -0.2) is 21.0 Å². The number of aryl methyl sites for hydroxylation is 1. The van der Waals surface area contributed by atoms with Gasteiger partial charge in [-0.05, 0) is 79.3 Å². The Labute approximate surface area is 204 Å². The maximum absolute atomic E-state index is 12.6. The summed E-state index contributed by atoms with van der Waals surface area (Å²) in [6.07, 6.45) is 1.67. The summed E-state index contributed by atoms with van der Waals surface area (Å²) < 4.78 is 11.4. The zero-order valence-electron chi connectivity index (χ0n) is 17.8. The van der Waals surface area contributed by atoms with Gasteiger partial charge in [0.25, 0.3) is 5.91 Å². The van der Waals surface area contributed by atoms with Crippen LogP contribution in [0.4, 0.5) is 5.69 Å². The van der Waals surface area contributed by atoms with Crippen LogP contribution in [-0.2, 0) is 0 Å². The molecule has 0 atom stereocenters. The molecule has 2 aromatic carbocycles. The lowest BCUT2D eigenvalue weighted by molar-refractivity contribution is 0.0951. The van der Waals surface area contributed by atoms with Crippen LogP contribution in [0.15, 0.2) is 81.8 Å². The predicted octanol–water partition coefficient (Wildman–Crippen LogP) is 6.24. The fourth-order valence-corrected chi connectivity index (χ4v) is 3.80. The van der Waals surface area contributed by atoms with Gasteiger partial charge in [0, 0.05) is 28.0 Å². The summed E-state index contributed by atoms with van der Waals surface area (Å²) in [6, 6.07) is 19.7. The number of amides is 1. The van der Waals surface area contributed by atoms with Crippen LogP contribution in [0.3, 0.4) is 0 Å². The van der Waals surface area contributed by atoms with E-state index in [1.807, 2.05) is 43.3 Å². The molecule has 7 nitrogen and oxygen atoms in total. The van der Waals surface area contributed by atoms with Crippen molar-refractivity contribution in [1.82, 2.24) is 15.3 Å². The monoisotopic (exact) mass is 488 g/mol. The topological polar surface area (TPSA) is 93.2 Å². The van der Waals surface area contributed by atoms with Crippen LogP contribution >= 0.6 is 23.8 Å². The van der Waals surface area contributed by atoms with E-state index in [1.54, 1.807) is 36.5 Å². The maximum Gasteiger partial charge on any atom is 0.293 e. The first-order valence-electron chi connectivity index (χ1n) is 10.3. The van der Waals surface area contributed by atoms with Crippen molar-refractivity contribution in [3.63, 3.8) is 0 Å². The molecule has 0 aliphatic carbocycles. The summed E-state index contributed by atoms with van der Waals surface area (Å²) >= 11 is 11.3. The number of halogens is 1. The first kappa shape index (κ1) is 21.8. The van der Waals surface area contributed by atoms with Gasteiger partial charge in [-0.1, -0.05) is 23.7 Å². The van der Waals surface area contributed by atoms with Gasteiger partial charge < -0.3 is 14.2 Å². The van der Waals surface area contributed by atoms with Gasteiger partial charge in [0.15, 0.2) is 22.1 Å². The smallest absolute Gasteiger partial charge is 0.293 e. The van der Waals surface area contributed by atoms with Crippen LogP contribution in [0.2, 0.25) is 5.02 Å². The number of nitrogens with one attached hydrogen (secondary N) is 2. The number of oxazole rings is 1. The molecule has 2 N–H and O–H groups in total. The number of fused-ring (bicyclic) bond motifs is 1. The molecule has 5 rings (SSSR count). The molecule has 0 aliphatic rings. The van der Waals surface area contributed by atoms with E-state index >= 15 is 0 Å². The molecule has 0 fully saturated rings. The quantitative estimate of drug-likeness (QED) is 0.289. The summed E-state index contributed by atoms with van der Waals surface area (Å²) in [6.45, 7) is 1.92. The largest absolute Gasteiger partial charge is 0.451 e. The number of carbonyl (C=O) groups is 1. The van der Waals surface area contributed by atoms with Gasteiger partial charge in [-0.25, -0.2) is 4.98 Å². The van der Waals surface area contributed by atoms with Crippen molar-refractivity contribution in [2.45, 2.75) is 6.92 Å². The minimum absolute atomic E-state index is 0.135. The molecule has 0 saturated heterocycles. The maximum atomic E-state index is 12.6. The molecular formula is C25H17ClN4O3S. The van der Waals surface area contributed by atoms with E-state index in [2.05, 4.69) is 20.6 Å². The van der Waals surface area contributed by atoms with E-state index in [-0.39, 0.29) is 10.9 Å². The molecule has 3 aromatic heterocycles. The molecule has 0 radical (unpaired) electrons. The Morgan fingerprint density at radius 1 is 1.00 bits per heavy atom. The predicted molar refractivity (Wildman–Crippen MR) is 135 cm³/mol. The van der Waals surface area contributed by atoms with E-state index in [1.165, 1.54) is 0 Å². The fourth-order valence-electron chi connectivity index (χ4n) is 3.40. The van der Waals surface area contributed by atoms with E-state index in [9.17, 15) is 4.79 Å². The Morgan fingerprint density at radius 3 is 2.68 bits per heavy atom. The summed E-state index contributed by atoms with van der Waals surface area (Å²) in [5, 5.41) is 6.40. The summed E-state index contributed by atoms with van der Waals surface area (Å²) in [7, 11) is 0. The van der Waals surface area contributed by atoms with Crippen molar-refractivity contribution in [3.05, 3.63) is 89.3 Å². The highest BCUT2D eigenvalue weighted by Gasteiger charge is 2.15. The van der Waals surface area contributed by atoms with Crippen LogP contribution in [0.25, 0.3) is 34.0 Å². The van der Waals surface area contributed by atoms with Crippen LogP contribution < -0.4 is 10.6 Å². The highest BCUT2D eigenvalue weighted by molar-refractivity contribution is 7.80. The Hall–Kier alpha value is -4.01. The Kier molecular flexibility index (Phi) is 5.83. The average molecular weight is 489 g/mol. The standard InChI is InChI=1S/C25H17ClN4O3S/c1-14-12-16(24-29-22-20(33-24)6-3-11-27-22)7-8-18(14)28-25(34)30-23(31)21-10-9-19(32-21)15-4-2-5-17(26)13-15/h2-13H,1H3,(H2,28,30,31,34).